The predicted molar refractivity (Wildman–Crippen MR) is 53.1 cm³/mol. The van der Waals surface area contributed by atoms with Crippen LogP contribution in [0.15, 0.2) is 24.8 Å². The Morgan fingerprint density at radius 2 is 2.38 bits per heavy atom. The Balaban J connectivity index is 2.54. The highest BCUT2D eigenvalue weighted by molar-refractivity contribution is 5.55. The molecule has 13 heavy (non-hydrogen) atoms. The summed E-state index contributed by atoms with van der Waals surface area (Å²) in [4.78, 5) is 0. The number of fused-ring (bicyclic) bond motifs is 1. The minimum atomic E-state index is 0.0173. The molecule has 1 aliphatic heterocycles. The Hall–Kier alpha value is -1.12. The molecule has 2 heteroatoms. The zero-order valence-corrected chi connectivity index (χ0v) is 7.49. The van der Waals surface area contributed by atoms with Crippen molar-refractivity contribution in [2.45, 2.75) is 12.6 Å². The number of ether oxygens (including phenoxy) is 1. The van der Waals surface area contributed by atoms with E-state index in [1.807, 2.05) is 18.2 Å². The van der Waals surface area contributed by atoms with Gasteiger partial charge >= 0.3 is 0 Å². The highest BCUT2D eigenvalue weighted by atomic mass is 16.5. The molecule has 1 aromatic rings. The van der Waals surface area contributed by atoms with Gasteiger partial charge in [-0.05, 0) is 16.7 Å². The first-order valence-corrected chi connectivity index (χ1v) is 4.40. The lowest BCUT2D eigenvalue weighted by Gasteiger charge is -2.23. The van der Waals surface area contributed by atoms with Crippen molar-refractivity contribution in [2.24, 2.45) is 5.73 Å². The molecule has 0 bridgehead atoms. The van der Waals surface area contributed by atoms with E-state index in [0.29, 0.717) is 13.2 Å². The van der Waals surface area contributed by atoms with E-state index in [9.17, 15) is 0 Å². The lowest BCUT2D eigenvalue weighted by Crippen LogP contribution is -2.24. The summed E-state index contributed by atoms with van der Waals surface area (Å²) in [5.74, 6) is 0. The van der Waals surface area contributed by atoms with Crippen LogP contribution in [-0.4, -0.2) is 6.61 Å². The van der Waals surface area contributed by atoms with Crippen LogP contribution in [0.25, 0.3) is 6.08 Å². The molecule has 1 heterocycles. The summed E-state index contributed by atoms with van der Waals surface area (Å²) in [6, 6.07) is 6.13. The quantitative estimate of drug-likeness (QED) is 0.707. The Bertz CT molecular complexity index is 333. The average molecular weight is 175 g/mol. The normalized spacial score (nSPS) is 20.8. The van der Waals surface area contributed by atoms with Crippen molar-refractivity contribution in [3.63, 3.8) is 0 Å². The SMILES string of the molecule is C=Cc1cccc2c1COC[C@@H]2N. The fourth-order valence-electron chi connectivity index (χ4n) is 1.71. The van der Waals surface area contributed by atoms with Crippen LogP contribution in [0.3, 0.4) is 0 Å². The molecule has 2 N–H and O–H groups in total. The summed E-state index contributed by atoms with van der Waals surface area (Å²) in [7, 11) is 0. The van der Waals surface area contributed by atoms with E-state index >= 15 is 0 Å². The van der Waals surface area contributed by atoms with Crippen LogP contribution < -0.4 is 5.73 Å². The standard InChI is InChI=1S/C11H13NO/c1-2-8-4-3-5-9-10(8)6-13-7-11(9)12/h2-5,11H,1,6-7,12H2/t11-/m0/s1. The molecule has 0 saturated heterocycles. The minimum absolute atomic E-state index is 0.0173. The summed E-state index contributed by atoms with van der Waals surface area (Å²) in [5.41, 5.74) is 9.43. The number of hydrogen-bond acceptors (Lipinski definition) is 2. The number of rotatable bonds is 1. The fraction of sp³-hybridized carbons (Fsp3) is 0.273. The molecule has 0 aliphatic carbocycles. The second kappa shape index (κ2) is 3.32. The summed E-state index contributed by atoms with van der Waals surface area (Å²) >= 11 is 0. The first kappa shape index (κ1) is 8.48. The third kappa shape index (κ3) is 1.39. The summed E-state index contributed by atoms with van der Waals surface area (Å²) in [6.07, 6.45) is 1.85. The molecule has 2 rings (SSSR count). The zero-order valence-electron chi connectivity index (χ0n) is 7.49. The molecule has 1 aromatic carbocycles. The average Bonchev–Trinajstić information content (AvgIpc) is 2.18. The molecule has 0 amide bonds. The maximum absolute atomic E-state index is 5.91. The number of benzene rings is 1. The van der Waals surface area contributed by atoms with Gasteiger partial charge in [0.2, 0.25) is 0 Å². The van der Waals surface area contributed by atoms with Gasteiger partial charge in [0, 0.05) is 0 Å². The van der Waals surface area contributed by atoms with Gasteiger partial charge in [0.05, 0.1) is 19.3 Å². The van der Waals surface area contributed by atoms with Crippen molar-refractivity contribution in [3.05, 3.63) is 41.5 Å². The Morgan fingerprint density at radius 3 is 3.15 bits per heavy atom. The van der Waals surface area contributed by atoms with Crippen LogP contribution in [-0.2, 0) is 11.3 Å². The van der Waals surface area contributed by atoms with E-state index in [4.69, 9.17) is 10.5 Å². The van der Waals surface area contributed by atoms with E-state index in [-0.39, 0.29) is 6.04 Å². The third-order valence-electron chi connectivity index (χ3n) is 2.41. The van der Waals surface area contributed by atoms with Gasteiger partial charge in [-0.2, -0.15) is 0 Å². The smallest absolute Gasteiger partial charge is 0.0726 e. The first-order valence-electron chi connectivity index (χ1n) is 4.40. The molecule has 0 fully saturated rings. The lowest BCUT2D eigenvalue weighted by atomic mass is 9.95. The highest BCUT2D eigenvalue weighted by Gasteiger charge is 2.18. The van der Waals surface area contributed by atoms with E-state index in [1.165, 1.54) is 11.1 Å². The van der Waals surface area contributed by atoms with Gasteiger partial charge < -0.3 is 10.5 Å². The van der Waals surface area contributed by atoms with Crippen molar-refractivity contribution < 1.29 is 4.74 Å². The topological polar surface area (TPSA) is 35.2 Å². The van der Waals surface area contributed by atoms with E-state index < -0.39 is 0 Å². The number of nitrogens with two attached hydrogens (primary N) is 1. The summed E-state index contributed by atoms with van der Waals surface area (Å²) in [5, 5.41) is 0. The van der Waals surface area contributed by atoms with E-state index in [0.717, 1.165) is 5.56 Å². The maximum atomic E-state index is 5.91. The van der Waals surface area contributed by atoms with Gasteiger partial charge in [-0.1, -0.05) is 30.9 Å². The molecule has 68 valence electrons. The zero-order chi connectivity index (χ0) is 9.26. The van der Waals surface area contributed by atoms with Gasteiger partial charge in [-0.3, -0.25) is 0 Å². The van der Waals surface area contributed by atoms with Gasteiger partial charge in [0.15, 0.2) is 0 Å². The van der Waals surface area contributed by atoms with Crippen LogP contribution in [0.1, 0.15) is 22.7 Å². The summed E-state index contributed by atoms with van der Waals surface area (Å²) < 4.78 is 5.38. The van der Waals surface area contributed by atoms with Crippen molar-refractivity contribution >= 4 is 6.08 Å². The van der Waals surface area contributed by atoms with Crippen LogP contribution in [0.4, 0.5) is 0 Å². The second-order valence-corrected chi connectivity index (χ2v) is 3.24. The minimum Gasteiger partial charge on any atom is -0.375 e. The monoisotopic (exact) mass is 175 g/mol. The molecular weight excluding hydrogens is 162 g/mol. The van der Waals surface area contributed by atoms with Gasteiger partial charge in [-0.15, -0.1) is 0 Å². The molecule has 0 unspecified atom stereocenters. The Kier molecular flexibility index (Phi) is 2.17. The molecule has 0 saturated carbocycles. The molecule has 1 aliphatic rings. The van der Waals surface area contributed by atoms with Crippen molar-refractivity contribution in [1.29, 1.82) is 0 Å². The second-order valence-electron chi connectivity index (χ2n) is 3.24. The van der Waals surface area contributed by atoms with Gasteiger partial charge in [0.25, 0.3) is 0 Å². The molecule has 1 atom stereocenters. The van der Waals surface area contributed by atoms with Gasteiger partial charge in [0.1, 0.15) is 0 Å². The highest BCUT2D eigenvalue weighted by Crippen LogP contribution is 2.26. The van der Waals surface area contributed by atoms with Gasteiger partial charge in [-0.25, -0.2) is 0 Å². The van der Waals surface area contributed by atoms with Crippen LogP contribution in [0.5, 0.6) is 0 Å². The maximum Gasteiger partial charge on any atom is 0.0726 e. The first-order chi connectivity index (χ1) is 6.33. The Morgan fingerprint density at radius 1 is 1.54 bits per heavy atom. The van der Waals surface area contributed by atoms with E-state index in [2.05, 4.69) is 12.6 Å². The fourth-order valence-corrected chi connectivity index (χ4v) is 1.71. The van der Waals surface area contributed by atoms with Crippen molar-refractivity contribution in [3.8, 4) is 0 Å². The molecule has 2 nitrogen and oxygen atoms in total. The Labute approximate surface area is 78.0 Å². The summed E-state index contributed by atoms with van der Waals surface area (Å²) in [6.45, 7) is 5.04. The van der Waals surface area contributed by atoms with Crippen LogP contribution in [0.2, 0.25) is 0 Å². The molecule has 0 aromatic heterocycles. The predicted octanol–water partition coefficient (Wildman–Crippen LogP) is 1.86. The molecular formula is C11H13NO. The van der Waals surface area contributed by atoms with Crippen molar-refractivity contribution in [1.82, 2.24) is 0 Å². The third-order valence-corrected chi connectivity index (χ3v) is 2.41. The lowest BCUT2D eigenvalue weighted by molar-refractivity contribution is 0.0922. The van der Waals surface area contributed by atoms with Crippen LogP contribution in [0, 0.1) is 0 Å². The largest absolute Gasteiger partial charge is 0.375 e. The van der Waals surface area contributed by atoms with E-state index in [1.54, 1.807) is 0 Å². The molecule has 0 spiro atoms. The molecule has 0 radical (unpaired) electrons. The van der Waals surface area contributed by atoms with Crippen molar-refractivity contribution in [2.75, 3.05) is 6.61 Å². The van der Waals surface area contributed by atoms with Crippen LogP contribution >= 0.6 is 0 Å². The number of hydrogen-bond donors (Lipinski definition) is 1.